The molecule has 0 fully saturated rings. The molecule has 0 spiro atoms. The number of hydrogen-bond donors (Lipinski definition) is 1. The number of nitrogens with zero attached hydrogens (tertiary/aromatic N) is 1. The molecule has 74 valence electrons. The summed E-state index contributed by atoms with van der Waals surface area (Å²) in [4.78, 5) is 0. The lowest BCUT2D eigenvalue weighted by molar-refractivity contribution is 0.169. The maximum Gasteiger partial charge on any atom is 0.0800 e. The predicted octanol–water partition coefficient (Wildman–Crippen LogP) is 3.33. The van der Waals surface area contributed by atoms with Crippen LogP contribution in [0.2, 0.25) is 10.0 Å². The van der Waals surface area contributed by atoms with Gasteiger partial charge in [0.15, 0.2) is 0 Å². The summed E-state index contributed by atoms with van der Waals surface area (Å²) in [5.74, 6) is 0. The van der Waals surface area contributed by atoms with Gasteiger partial charge in [-0.25, -0.2) is 0 Å². The van der Waals surface area contributed by atoms with E-state index in [1.165, 1.54) is 0 Å². The largest absolute Gasteiger partial charge is 0.388 e. The van der Waals surface area contributed by atoms with Gasteiger partial charge in [-0.2, -0.15) is 5.26 Å². The minimum atomic E-state index is -0.649. The highest BCUT2D eigenvalue weighted by Gasteiger charge is 2.08. The quantitative estimate of drug-likeness (QED) is 0.865. The van der Waals surface area contributed by atoms with Crippen LogP contribution in [0, 0.1) is 11.3 Å². The van der Waals surface area contributed by atoms with Crippen LogP contribution < -0.4 is 0 Å². The highest BCUT2D eigenvalue weighted by Crippen LogP contribution is 2.27. The normalized spacial score (nSPS) is 12.1. The van der Waals surface area contributed by atoms with Gasteiger partial charge < -0.3 is 5.11 Å². The van der Waals surface area contributed by atoms with Gasteiger partial charge in [-0.05, 0) is 24.1 Å². The molecule has 0 amide bonds. The van der Waals surface area contributed by atoms with Crippen molar-refractivity contribution in [2.45, 2.75) is 18.9 Å². The van der Waals surface area contributed by atoms with E-state index in [4.69, 9.17) is 28.5 Å². The van der Waals surface area contributed by atoms with E-state index < -0.39 is 6.10 Å². The average molecular weight is 230 g/mol. The van der Waals surface area contributed by atoms with Crippen molar-refractivity contribution in [3.8, 4) is 6.07 Å². The predicted molar refractivity (Wildman–Crippen MR) is 56.3 cm³/mol. The van der Waals surface area contributed by atoms with Crippen LogP contribution in [0.1, 0.15) is 24.5 Å². The van der Waals surface area contributed by atoms with Crippen molar-refractivity contribution in [3.05, 3.63) is 33.8 Å². The van der Waals surface area contributed by atoms with Gasteiger partial charge in [-0.1, -0.05) is 29.3 Å². The molecule has 0 radical (unpaired) electrons. The summed E-state index contributed by atoms with van der Waals surface area (Å²) in [5, 5.41) is 18.8. The zero-order valence-corrected chi connectivity index (χ0v) is 8.89. The lowest BCUT2D eigenvalue weighted by Gasteiger charge is -2.09. The molecule has 0 aromatic heterocycles. The summed E-state index contributed by atoms with van der Waals surface area (Å²) in [5.41, 5.74) is 0.689. The number of aliphatic hydroxyl groups excluding tert-OH is 1. The molecule has 2 nitrogen and oxygen atoms in total. The summed E-state index contributed by atoms with van der Waals surface area (Å²) >= 11 is 11.5. The second kappa shape index (κ2) is 5.21. The topological polar surface area (TPSA) is 44.0 Å². The minimum Gasteiger partial charge on any atom is -0.388 e. The average Bonchev–Trinajstić information content (AvgIpc) is 2.18. The Kier molecular flexibility index (Phi) is 4.21. The maximum absolute atomic E-state index is 9.61. The molecule has 0 bridgehead atoms. The Morgan fingerprint density at radius 2 is 2.07 bits per heavy atom. The molecule has 0 aliphatic carbocycles. The third-order valence-corrected chi connectivity index (χ3v) is 2.60. The second-order valence-corrected chi connectivity index (χ2v) is 3.70. The minimum absolute atomic E-state index is 0.321. The fourth-order valence-electron chi connectivity index (χ4n) is 1.09. The Morgan fingerprint density at radius 3 is 2.64 bits per heavy atom. The molecule has 0 saturated carbocycles. The number of benzene rings is 1. The second-order valence-electron chi connectivity index (χ2n) is 2.89. The van der Waals surface area contributed by atoms with Crippen molar-refractivity contribution in [2.75, 3.05) is 0 Å². The van der Waals surface area contributed by atoms with Gasteiger partial charge in [0.05, 0.1) is 22.2 Å². The van der Waals surface area contributed by atoms with Crippen LogP contribution in [-0.4, -0.2) is 5.11 Å². The zero-order valence-electron chi connectivity index (χ0n) is 7.37. The Bertz CT molecular complexity index is 360. The van der Waals surface area contributed by atoms with Gasteiger partial charge in [0.2, 0.25) is 0 Å². The van der Waals surface area contributed by atoms with Gasteiger partial charge >= 0.3 is 0 Å². The molecule has 1 atom stereocenters. The van der Waals surface area contributed by atoms with Gasteiger partial charge in [0.25, 0.3) is 0 Å². The number of halogens is 2. The van der Waals surface area contributed by atoms with Gasteiger partial charge in [-0.15, -0.1) is 0 Å². The number of nitriles is 1. The first-order valence-electron chi connectivity index (χ1n) is 4.15. The molecule has 0 heterocycles. The van der Waals surface area contributed by atoms with Gasteiger partial charge in [-0.3, -0.25) is 0 Å². The van der Waals surface area contributed by atoms with E-state index in [0.717, 1.165) is 0 Å². The molecule has 1 rings (SSSR count). The summed E-state index contributed by atoms with van der Waals surface area (Å²) < 4.78 is 0. The molecule has 0 saturated heterocycles. The standard InChI is InChI=1S/C10H9Cl2NO/c11-8-4-3-7(6-9(8)12)10(14)2-1-5-13/h3-4,6,10,14H,1-2H2. The van der Waals surface area contributed by atoms with E-state index in [-0.39, 0.29) is 0 Å². The fourth-order valence-corrected chi connectivity index (χ4v) is 1.39. The first kappa shape index (κ1) is 11.3. The van der Waals surface area contributed by atoms with Crippen molar-refractivity contribution >= 4 is 23.2 Å². The number of aliphatic hydroxyl groups is 1. The van der Waals surface area contributed by atoms with Crippen molar-refractivity contribution in [2.24, 2.45) is 0 Å². The molecule has 4 heteroatoms. The Balaban J connectivity index is 2.76. The van der Waals surface area contributed by atoms with E-state index >= 15 is 0 Å². The van der Waals surface area contributed by atoms with Gasteiger partial charge in [0.1, 0.15) is 0 Å². The molecule has 14 heavy (non-hydrogen) atoms. The molecule has 1 aromatic rings. The van der Waals surface area contributed by atoms with Crippen molar-refractivity contribution < 1.29 is 5.11 Å². The SMILES string of the molecule is N#CCCC(O)c1ccc(Cl)c(Cl)c1. The summed E-state index contributed by atoms with van der Waals surface area (Å²) in [6.07, 6.45) is 0.0833. The van der Waals surface area contributed by atoms with Crippen LogP contribution in [-0.2, 0) is 0 Å². The van der Waals surface area contributed by atoms with Crippen LogP contribution in [0.4, 0.5) is 0 Å². The summed E-state index contributed by atoms with van der Waals surface area (Å²) in [7, 11) is 0. The Hall–Kier alpha value is -0.750. The fraction of sp³-hybridized carbons (Fsp3) is 0.300. The van der Waals surface area contributed by atoms with E-state index in [2.05, 4.69) is 0 Å². The van der Waals surface area contributed by atoms with E-state index in [9.17, 15) is 5.11 Å². The summed E-state index contributed by atoms with van der Waals surface area (Å²) in [6, 6.07) is 6.93. The van der Waals surface area contributed by atoms with Crippen molar-refractivity contribution in [1.29, 1.82) is 5.26 Å². The molecule has 1 N–H and O–H groups in total. The third-order valence-electron chi connectivity index (χ3n) is 1.86. The highest BCUT2D eigenvalue weighted by molar-refractivity contribution is 6.42. The van der Waals surface area contributed by atoms with Crippen LogP contribution in [0.5, 0.6) is 0 Å². The van der Waals surface area contributed by atoms with Crippen LogP contribution in [0.3, 0.4) is 0 Å². The number of hydrogen-bond acceptors (Lipinski definition) is 2. The molecule has 1 aromatic carbocycles. The Labute approximate surface area is 92.7 Å². The van der Waals surface area contributed by atoms with Crippen LogP contribution in [0.25, 0.3) is 0 Å². The number of rotatable bonds is 3. The van der Waals surface area contributed by atoms with Crippen molar-refractivity contribution in [3.63, 3.8) is 0 Å². The van der Waals surface area contributed by atoms with E-state index in [0.29, 0.717) is 28.5 Å². The lowest BCUT2D eigenvalue weighted by Crippen LogP contribution is -1.96. The van der Waals surface area contributed by atoms with Crippen molar-refractivity contribution in [1.82, 2.24) is 0 Å². The first-order chi connectivity index (χ1) is 6.65. The first-order valence-corrected chi connectivity index (χ1v) is 4.90. The molecule has 1 unspecified atom stereocenters. The lowest BCUT2D eigenvalue weighted by atomic mass is 10.1. The third kappa shape index (κ3) is 2.88. The molecular weight excluding hydrogens is 221 g/mol. The Morgan fingerprint density at radius 1 is 1.36 bits per heavy atom. The van der Waals surface area contributed by atoms with E-state index in [1.54, 1.807) is 18.2 Å². The van der Waals surface area contributed by atoms with E-state index in [1.807, 2.05) is 6.07 Å². The monoisotopic (exact) mass is 229 g/mol. The van der Waals surface area contributed by atoms with Crippen LogP contribution in [0.15, 0.2) is 18.2 Å². The molecule has 0 aliphatic heterocycles. The molecular formula is C10H9Cl2NO. The maximum atomic E-state index is 9.61. The van der Waals surface area contributed by atoms with Crippen LogP contribution >= 0.6 is 23.2 Å². The zero-order chi connectivity index (χ0) is 10.6. The molecule has 0 aliphatic rings. The highest BCUT2D eigenvalue weighted by atomic mass is 35.5. The summed E-state index contributed by atoms with van der Waals surface area (Å²) in [6.45, 7) is 0. The smallest absolute Gasteiger partial charge is 0.0800 e. The van der Waals surface area contributed by atoms with Gasteiger partial charge in [0, 0.05) is 6.42 Å².